The van der Waals surface area contributed by atoms with Gasteiger partial charge < -0.3 is 14.4 Å². The Labute approximate surface area is 149 Å². The number of halogens is 1. The van der Waals surface area contributed by atoms with Gasteiger partial charge in [-0.05, 0) is 43.3 Å². The number of para-hydroxylation sites is 1. The number of hydrogen-bond acceptors (Lipinski definition) is 4. The quantitative estimate of drug-likeness (QED) is 0.707. The van der Waals surface area contributed by atoms with Crippen molar-refractivity contribution < 1.29 is 19.1 Å². The van der Waals surface area contributed by atoms with Gasteiger partial charge >= 0.3 is 5.97 Å². The second kappa shape index (κ2) is 8.49. The highest BCUT2D eigenvalue weighted by atomic mass is 79.9. The van der Waals surface area contributed by atoms with E-state index in [1.165, 1.54) is 4.90 Å². The molecule has 2 aromatic rings. The largest absolute Gasteiger partial charge is 0.479 e. The normalized spacial score (nSPS) is 11.5. The van der Waals surface area contributed by atoms with Gasteiger partial charge in [-0.1, -0.05) is 34.1 Å². The molecule has 126 valence electrons. The molecular formula is C18H18BrNO4. The molecule has 2 rings (SSSR count). The Morgan fingerprint density at radius 2 is 1.71 bits per heavy atom. The average molecular weight is 392 g/mol. The lowest BCUT2D eigenvalue weighted by Crippen LogP contribution is -2.34. The third-order valence-corrected chi connectivity index (χ3v) is 3.84. The molecule has 0 N–H and O–H groups in total. The van der Waals surface area contributed by atoms with E-state index in [0.29, 0.717) is 5.75 Å². The molecule has 2 aromatic carbocycles. The molecule has 0 aliphatic carbocycles. The van der Waals surface area contributed by atoms with Crippen molar-refractivity contribution in [1.82, 2.24) is 0 Å². The van der Waals surface area contributed by atoms with Gasteiger partial charge in [-0.3, -0.25) is 4.79 Å². The molecule has 1 atom stereocenters. The maximum absolute atomic E-state index is 12.1. The molecule has 0 bridgehead atoms. The van der Waals surface area contributed by atoms with Gasteiger partial charge in [0.1, 0.15) is 5.75 Å². The van der Waals surface area contributed by atoms with Gasteiger partial charge in [-0.25, -0.2) is 4.79 Å². The Balaban J connectivity index is 1.83. The molecule has 0 aliphatic rings. The number of hydrogen-bond donors (Lipinski definition) is 0. The van der Waals surface area contributed by atoms with E-state index in [1.807, 2.05) is 30.3 Å². The third-order valence-electron chi connectivity index (χ3n) is 3.31. The Bertz CT molecular complexity index is 688. The van der Waals surface area contributed by atoms with E-state index < -0.39 is 12.1 Å². The van der Waals surface area contributed by atoms with Crippen molar-refractivity contribution in [2.45, 2.75) is 13.0 Å². The molecule has 0 saturated heterocycles. The number of anilines is 1. The minimum atomic E-state index is -0.805. The molecule has 5 nitrogen and oxygen atoms in total. The fraction of sp³-hybridized carbons (Fsp3) is 0.222. The lowest BCUT2D eigenvalue weighted by Gasteiger charge is -2.18. The minimum Gasteiger partial charge on any atom is -0.479 e. The van der Waals surface area contributed by atoms with E-state index in [9.17, 15) is 9.59 Å². The van der Waals surface area contributed by atoms with Crippen LogP contribution in [0.15, 0.2) is 59.1 Å². The number of amides is 1. The number of benzene rings is 2. The van der Waals surface area contributed by atoms with Gasteiger partial charge in [-0.2, -0.15) is 0 Å². The summed E-state index contributed by atoms with van der Waals surface area (Å²) in [5, 5.41) is 0. The highest BCUT2D eigenvalue weighted by Crippen LogP contribution is 2.17. The van der Waals surface area contributed by atoms with Crippen LogP contribution in [0.3, 0.4) is 0 Å². The predicted octanol–water partition coefficient (Wildman–Crippen LogP) is 3.42. The number of likely N-dealkylation sites (N-methyl/N-ethyl adjacent to an activating group) is 1. The molecule has 24 heavy (non-hydrogen) atoms. The van der Waals surface area contributed by atoms with Crippen LogP contribution in [0, 0.1) is 0 Å². The fourth-order valence-electron chi connectivity index (χ4n) is 1.91. The zero-order valence-corrected chi connectivity index (χ0v) is 15.0. The maximum Gasteiger partial charge on any atom is 0.347 e. The zero-order chi connectivity index (χ0) is 17.5. The number of carbonyl (C=O) groups is 2. The smallest absolute Gasteiger partial charge is 0.347 e. The average Bonchev–Trinajstić information content (AvgIpc) is 2.61. The Hall–Kier alpha value is -2.34. The number of nitrogens with zero attached hydrogens (tertiary/aromatic N) is 1. The summed E-state index contributed by atoms with van der Waals surface area (Å²) in [4.78, 5) is 25.5. The predicted molar refractivity (Wildman–Crippen MR) is 95.0 cm³/mol. The van der Waals surface area contributed by atoms with Crippen LogP contribution in [-0.4, -0.2) is 31.6 Å². The number of carbonyl (C=O) groups excluding carboxylic acids is 2. The Kier molecular flexibility index (Phi) is 6.37. The van der Waals surface area contributed by atoms with Crippen LogP contribution in [-0.2, 0) is 14.3 Å². The van der Waals surface area contributed by atoms with Gasteiger partial charge in [0.25, 0.3) is 5.91 Å². The maximum atomic E-state index is 12.1. The first kappa shape index (κ1) is 18.0. The summed E-state index contributed by atoms with van der Waals surface area (Å²) in [6.07, 6.45) is -0.805. The van der Waals surface area contributed by atoms with E-state index in [0.717, 1.165) is 10.2 Å². The highest BCUT2D eigenvalue weighted by molar-refractivity contribution is 9.10. The first-order valence-corrected chi connectivity index (χ1v) is 8.17. The van der Waals surface area contributed by atoms with E-state index in [2.05, 4.69) is 15.9 Å². The summed E-state index contributed by atoms with van der Waals surface area (Å²) in [6, 6.07) is 16.2. The molecule has 0 radical (unpaired) electrons. The molecule has 0 unspecified atom stereocenters. The van der Waals surface area contributed by atoms with E-state index in [4.69, 9.17) is 9.47 Å². The molecule has 0 spiro atoms. The first-order valence-electron chi connectivity index (χ1n) is 7.38. The lowest BCUT2D eigenvalue weighted by molar-refractivity contribution is -0.154. The summed E-state index contributed by atoms with van der Waals surface area (Å²) >= 11 is 3.32. The summed E-state index contributed by atoms with van der Waals surface area (Å²) in [5.41, 5.74) is 0.734. The van der Waals surface area contributed by atoms with Crippen molar-refractivity contribution in [1.29, 1.82) is 0 Å². The highest BCUT2D eigenvalue weighted by Gasteiger charge is 2.19. The van der Waals surface area contributed by atoms with E-state index in [1.54, 1.807) is 38.2 Å². The summed E-state index contributed by atoms with van der Waals surface area (Å²) in [6.45, 7) is 1.24. The minimum absolute atomic E-state index is 0.314. The van der Waals surface area contributed by atoms with Crippen LogP contribution < -0.4 is 9.64 Å². The molecule has 0 aromatic heterocycles. The second-order valence-electron chi connectivity index (χ2n) is 5.11. The number of ether oxygens (including phenoxy) is 2. The monoisotopic (exact) mass is 391 g/mol. The van der Waals surface area contributed by atoms with E-state index in [-0.39, 0.29) is 12.5 Å². The van der Waals surface area contributed by atoms with Crippen molar-refractivity contribution in [3.8, 4) is 5.75 Å². The van der Waals surface area contributed by atoms with E-state index >= 15 is 0 Å². The number of rotatable bonds is 6. The van der Waals surface area contributed by atoms with Crippen LogP contribution in [0.5, 0.6) is 5.75 Å². The van der Waals surface area contributed by atoms with Crippen LogP contribution in [0.1, 0.15) is 6.92 Å². The molecular weight excluding hydrogens is 374 g/mol. The van der Waals surface area contributed by atoms with Gasteiger partial charge in [0, 0.05) is 17.2 Å². The molecule has 0 aliphatic heterocycles. The van der Waals surface area contributed by atoms with Crippen molar-refractivity contribution in [2.24, 2.45) is 0 Å². The SMILES string of the molecule is C[C@@H](Oc1ccc(Br)cc1)C(=O)OCC(=O)N(C)c1ccccc1. The molecule has 1 amide bonds. The van der Waals surface area contributed by atoms with Gasteiger partial charge in [0.15, 0.2) is 12.7 Å². The number of esters is 1. The third kappa shape index (κ3) is 5.09. The molecule has 0 saturated carbocycles. The van der Waals surface area contributed by atoms with Gasteiger partial charge in [0.2, 0.25) is 0 Å². The summed E-state index contributed by atoms with van der Waals surface area (Å²) in [5.74, 6) is -0.353. The molecule has 0 fully saturated rings. The van der Waals surface area contributed by atoms with Crippen LogP contribution in [0.2, 0.25) is 0 Å². The molecule has 6 heteroatoms. The standard InChI is InChI=1S/C18H18BrNO4/c1-13(24-16-10-8-14(19)9-11-16)18(22)23-12-17(21)20(2)15-6-4-3-5-7-15/h3-11,13H,12H2,1-2H3/t13-/m1/s1. The molecule has 0 heterocycles. The zero-order valence-electron chi connectivity index (χ0n) is 13.4. The second-order valence-corrected chi connectivity index (χ2v) is 6.03. The van der Waals surface area contributed by atoms with Crippen molar-refractivity contribution in [3.63, 3.8) is 0 Å². The lowest BCUT2D eigenvalue weighted by atomic mass is 10.3. The van der Waals surface area contributed by atoms with Gasteiger partial charge in [-0.15, -0.1) is 0 Å². The Morgan fingerprint density at radius 1 is 1.08 bits per heavy atom. The Morgan fingerprint density at radius 3 is 2.33 bits per heavy atom. The summed E-state index contributed by atoms with van der Waals surface area (Å²) < 4.78 is 11.4. The summed E-state index contributed by atoms with van der Waals surface area (Å²) in [7, 11) is 1.63. The van der Waals surface area contributed by atoms with Crippen molar-refractivity contribution >= 4 is 33.5 Å². The van der Waals surface area contributed by atoms with Crippen molar-refractivity contribution in [2.75, 3.05) is 18.6 Å². The topological polar surface area (TPSA) is 55.8 Å². The fourth-order valence-corrected chi connectivity index (χ4v) is 2.17. The van der Waals surface area contributed by atoms with Gasteiger partial charge in [0.05, 0.1) is 0 Å². The first-order chi connectivity index (χ1) is 11.5. The van der Waals surface area contributed by atoms with Crippen LogP contribution in [0.4, 0.5) is 5.69 Å². The van der Waals surface area contributed by atoms with Crippen molar-refractivity contribution in [3.05, 3.63) is 59.1 Å². The van der Waals surface area contributed by atoms with Crippen LogP contribution >= 0.6 is 15.9 Å². The van der Waals surface area contributed by atoms with Crippen LogP contribution in [0.25, 0.3) is 0 Å².